The quantitative estimate of drug-likeness (QED) is 0.345. The number of carbonyl (C=O) groups is 3. The van der Waals surface area contributed by atoms with Crippen molar-refractivity contribution >= 4 is 17.7 Å². The normalized spacial score (nSPS) is 30.0. The number of benzene rings is 2. The number of ether oxygens (including phenoxy) is 2. The average Bonchev–Trinajstić information content (AvgIpc) is 3.56. The fourth-order valence-corrected chi connectivity index (χ4v) is 7.19. The summed E-state index contributed by atoms with van der Waals surface area (Å²) in [6.07, 6.45) is 5.22. The van der Waals surface area contributed by atoms with Gasteiger partial charge in [-0.25, -0.2) is 0 Å². The SMILES string of the molecule is CCC(C)[C@@]1(NC(C)=O)CCN([C@H]2C/C=C\CO[C@@H]3C[C@H](NC[C@@H](O)[C@H](Cc4ccccc4)NC2=O)c2cc(OC)ccc23)C1=O. The van der Waals surface area contributed by atoms with Crippen LogP contribution in [0.1, 0.15) is 75.3 Å². The number of β-amino-alcohol motifs (C(OH)–C–C–N with tert-alkyl or cyclic N) is 1. The third-order valence-electron chi connectivity index (χ3n) is 9.97. The Hall–Kier alpha value is -3.73. The lowest BCUT2D eigenvalue weighted by Crippen LogP contribution is -2.60. The van der Waals surface area contributed by atoms with E-state index in [-0.39, 0.29) is 48.8 Å². The Labute approximate surface area is 271 Å². The molecule has 4 N–H and O–H groups in total. The van der Waals surface area contributed by atoms with Gasteiger partial charge in [-0.1, -0.05) is 68.8 Å². The highest BCUT2D eigenvalue weighted by Gasteiger charge is 2.53. The zero-order valence-electron chi connectivity index (χ0n) is 27.3. The molecule has 10 nitrogen and oxygen atoms in total. The van der Waals surface area contributed by atoms with E-state index in [1.54, 1.807) is 12.0 Å². The van der Waals surface area contributed by atoms with Crippen LogP contribution in [0.5, 0.6) is 5.75 Å². The lowest BCUT2D eigenvalue weighted by Gasteiger charge is -2.36. The fourth-order valence-electron chi connectivity index (χ4n) is 7.19. The van der Waals surface area contributed by atoms with E-state index in [1.807, 2.05) is 74.5 Å². The van der Waals surface area contributed by atoms with Crippen molar-refractivity contribution in [3.05, 3.63) is 77.4 Å². The number of nitrogens with zero attached hydrogens (tertiary/aromatic N) is 1. The molecule has 0 saturated carbocycles. The van der Waals surface area contributed by atoms with E-state index >= 15 is 0 Å². The van der Waals surface area contributed by atoms with Gasteiger partial charge in [-0.15, -0.1) is 0 Å². The van der Waals surface area contributed by atoms with E-state index in [0.29, 0.717) is 38.8 Å². The van der Waals surface area contributed by atoms with Crippen molar-refractivity contribution in [1.29, 1.82) is 0 Å². The van der Waals surface area contributed by atoms with Crippen LogP contribution in [0, 0.1) is 5.92 Å². The second-order valence-electron chi connectivity index (χ2n) is 12.8. The molecule has 46 heavy (non-hydrogen) atoms. The number of carbonyl (C=O) groups excluding carboxylic acids is 3. The lowest BCUT2D eigenvalue weighted by molar-refractivity contribution is -0.144. The van der Waals surface area contributed by atoms with Gasteiger partial charge in [0.1, 0.15) is 17.3 Å². The molecule has 3 amide bonds. The average molecular weight is 633 g/mol. The molecule has 5 rings (SSSR count). The summed E-state index contributed by atoms with van der Waals surface area (Å²) in [5.74, 6) is -0.209. The van der Waals surface area contributed by atoms with Crippen molar-refractivity contribution in [3.63, 3.8) is 0 Å². The van der Waals surface area contributed by atoms with Gasteiger partial charge in [0, 0.05) is 26.1 Å². The Morgan fingerprint density at radius 1 is 1.17 bits per heavy atom. The Kier molecular flexibility index (Phi) is 10.8. The molecule has 10 heteroatoms. The zero-order valence-corrected chi connectivity index (χ0v) is 27.3. The third kappa shape index (κ3) is 7.14. The Balaban J connectivity index is 1.46. The smallest absolute Gasteiger partial charge is 0.249 e. The second-order valence-corrected chi connectivity index (χ2v) is 12.8. The first-order valence-corrected chi connectivity index (χ1v) is 16.5. The van der Waals surface area contributed by atoms with Gasteiger partial charge in [0.05, 0.1) is 32.0 Å². The molecule has 0 spiro atoms. The van der Waals surface area contributed by atoms with Gasteiger partial charge in [-0.3, -0.25) is 14.4 Å². The van der Waals surface area contributed by atoms with Crippen molar-refractivity contribution in [2.75, 3.05) is 26.8 Å². The van der Waals surface area contributed by atoms with Crippen LogP contribution in [0.2, 0.25) is 0 Å². The molecule has 2 aromatic rings. The maximum absolute atomic E-state index is 14.2. The van der Waals surface area contributed by atoms with E-state index in [2.05, 4.69) is 16.0 Å². The monoisotopic (exact) mass is 632 g/mol. The largest absolute Gasteiger partial charge is 0.497 e. The summed E-state index contributed by atoms with van der Waals surface area (Å²) in [4.78, 5) is 42.2. The molecule has 0 aromatic heterocycles. The minimum absolute atomic E-state index is 0.0654. The number of fused-ring (bicyclic) bond motifs is 5. The van der Waals surface area contributed by atoms with Gasteiger partial charge in [0.25, 0.3) is 0 Å². The Morgan fingerprint density at radius 2 is 1.96 bits per heavy atom. The maximum atomic E-state index is 14.2. The highest BCUT2D eigenvalue weighted by atomic mass is 16.5. The van der Waals surface area contributed by atoms with Crippen molar-refractivity contribution in [2.45, 2.75) is 88.7 Å². The number of methoxy groups -OCH3 is 1. The molecule has 2 heterocycles. The summed E-state index contributed by atoms with van der Waals surface area (Å²) < 4.78 is 11.8. The second kappa shape index (κ2) is 14.8. The molecule has 2 aliphatic heterocycles. The van der Waals surface area contributed by atoms with E-state index in [4.69, 9.17) is 9.47 Å². The summed E-state index contributed by atoms with van der Waals surface area (Å²) >= 11 is 0. The van der Waals surface area contributed by atoms with E-state index in [1.165, 1.54) is 6.92 Å². The minimum Gasteiger partial charge on any atom is -0.497 e. The number of nitrogens with one attached hydrogen (secondary N) is 3. The number of rotatable bonds is 7. The maximum Gasteiger partial charge on any atom is 0.249 e. The molecule has 0 radical (unpaired) electrons. The van der Waals surface area contributed by atoms with Crippen LogP contribution in [0.15, 0.2) is 60.7 Å². The number of aliphatic hydroxyl groups is 1. The standard InChI is InChI=1S/C36H48N4O6/c1-5-23(2)36(39-24(3)41)16-17-40(35(36)44)31-13-9-10-18-46-33-21-29(28-20-26(45-4)14-15-27(28)33)37-22-32(42)30(38-34(31)43)19-25-11-7-6-8-12-25/h6-12,14-15,20,23,29-33,37,42H,5,13,16-19,21-22H2,1-4H3,(H,38,43)(H,39,41)/b10-9-/t23?,29-,30-,31-,32+,33+,36-/m0/s1. The van der Waals surface area contributed by atoms with Crippen LogP contribution >= 0.6 is 0 Å². The predicted octanol–water partition coefficient (Wildman–Crippen LogP) is 3.36. The summed E-state index contributed by atoms with van der Waals surface area (Å²) in [5, 5.41) is 21.2. The molecule has 2 aromatic carbocycles. The van der Waals surface area contributed by atoms with E-state index in [9.17, 15) is 19.5 Å². The summed E-state index contributed by atoms with van der Waals surface area (Å²) in [6.45, 7) is 6.29. The first-order chi connectivity index (χ1) is 22.2. The van der Waals surface area contributed by atoms with Crippen molar-refractivity contribution < 1.29 is 29.0 Å². The number of hydrogen-bond donors (Lipinski definition) is 4. The van der Waals surface area contributed by atoms with Crippen LogP contribution < -0.4 is 20.7 Å². The molecule has 248 valence electrons. The molecular weight excluding hydrogens is 584 g/mol. The summed E-state index contributed by atoms with van der Waals surface area (Å²) in [6, 6.07) is 14.2. The molecule has 1 unspecified atom stereocenters. The van der Waals surface area contributed by atoms with E-state index < -0.39 is 23.7 Å². The van der Waals surface area contributed by atoms with Gasteiger partial charge >= 0.3 is 0 Å². The van der Waals surface area contributed by atoms with Crippen LogP contribution in [0.3, 0.4) is 0 Å². The highest BCUT2D eigenvalue weighted by Crippen LogP contribution is 2.42. The molecule has 1 fully saturated rings. The molecule has 1 saturated heterocycles. The molecule has 7 atom stereocenters. The van der Waals surface area contributed by atoms with Crippen molar-refractivity contribution in [3.8, 4) is 5.75 Å². The van der Waals surface area contributed by atoms with Gasteiger partial charge in [-0.2, -0.15) is 0 Å². The van der Waals surface area contributed by atoms with Gasteiger partial charge < -0.3 is 35.4 Å². The fraction of sp³-hybridized carbons (Fsp3) is 0.528. The van der Waals surface area contributed by atoms with Crippen molar-refractivity contribution in [2.24, 2.45) is 5.92 Å². The highest BCUT2D eigenvalue weighted by molar-refractivity contribution is 5.96. The first kappa shape index (κ1) is 33.6. The number of hydrogen-bond acceptors (Lipinski definition) is 7. The topological polar surface area (TPSA) is 129 Å². The number of amides is 3. The van der Waals surface area contributed by atoms with Crippen LogP contribution in [0.25, 0.3) is 0 Å². The Bertz CT molecular complexity index is 1420. The number of likely N-dealkylation sites (tertiary alicyclic amines) is 1. The predicted molar refractivity (Wildman–Crippen MR) is 175 cm³/mol. The van der Waals surface area contributed by atoms with E-state index in [0.717, 1.165) is 22.4 Å². The molecule has 2 bridgehead atoms. The van der Waals surface area contributed by atoms with Gasteiger partial charge in [-0.05, 0) is 60.4 Å². The summed E-state index contributed by atoms with van der Waals surface area (Å²) in [7, 11) is 1.64. The Morgan fingerprint density at radius 3 is 2.67 bits per heavy atom. The minimum atomic E-state index is -1.06. The van der Waals surface area contributed by atoms with Crippen LogP contribution in [-0.4, -0.2) is 78.3 Å². The molecule has 1 aliphatic carbocycles. The van der Waals surface area contributed by atoms with Gasteiger partial charge in [0.15, 0.2) is 0 Å². The molecular formula is C36H48N4O6. The van der Waals surface area contributed by atoms with Crippen molar-refractivity contribution in [1.82, 2.24) is 20.9 Å². The van der Waals surface area contributed by atoms with Crippen LogP contribution in [0.4, 0.5) is 0 Å². The first-order valence-electron chi connectivity index (χ1n) is 16.5. The summed E-state index contributed by atoms with van der Waals surface area (Å²) in [5.41, 5.74) is 2.08. The third-order valence-corrected chi connectivity index (χ3v) is 9.97. The van der Waals surface area contributed by atoms with Crippen LogP contribution in [-0.2, 0) is 25.5 Å². The van der Waals surface area contributed by atoms with Gasteiger partial charge in [0.2, 0.25) is 17.7 Å². The zero-order chi connectivity index (χ0) is 32.8. The number of aliphatic hydroxyl groups excluding tert-OH is 1. The lowest BCUT2D eigenvalue weighted by atomic mass is 9.81. The molecule has 3 aliphatic rings.